The maximum atomic E-state index is 11.7. The smallest absolute Gasteiger partial charge is 0.242 e. The second-order valence-electron chi connectivity index (χ2n) is 3.67. The molecule has 2 heterocycles. The van der Waals surface area contributed by atoms with Gasteiger partial charge in [-0.05, 0) is 6.92 Å². The van der Waals surface area contributed by atoms with Crippen molar-refractivity contribution in [3.63, 3.8) is 0 Å². The van der Waals surface area contributed by atoms with Crippen molar-refractivity contribution in [2.24, 2.45) is 0 Å². The molecular formula is C10H15N3O3. The predicted octanol–water partition coefficient (Wildman–Crippen LogP) is 0.254. The molecule has 0 unspecified atom stereocenters. The Kier molecular flexibility index (Phi) is 3.40. The highest BCUT2D eigenvalue weighted by molar-refractivity contribution is 5.80. The summed E-state index contributed by atoms with van der Waals surface area (Å²) < 4.78 is 10.1. The van der Waals surface area contributed by atoms with Gasteiger partial charge in [-0.2, -0.15) is 0 Å². The normalized spacial score (nSPS) is 16.2. The monoisotopic (exact) mass is 225 g/mol. The number of carbonyl (C=O) groups excluding carboxylic acids is 1. The molecule has 0 aromatic carbocycles. The molecule has 6 nitrogen and oxygen atoms in total. The third kappa shape index (κ3) is 2.73. The highest BCUT2D eigenvalue weighted by atomic mass is 16.5. The molecule has 1 amide bonds. The van der Waals surface area contributed by atoms with Crippen molar-refractivity contribution in [1.29, 1.82) is 0 Å². The molecule has 0 aliphatic carbocycles. The minimum absolute atomic E-state index is 0.0592. The standard InChI is InChI=1S/C10H15N3O3/c1-8-6-9(12-16-8)11-7-10(14)13-2-4-15-5-3-13/h6H,2-5,7H2,1H3,(H,11,12). The molecule has 1 aromatic heterocycles. The average Bonchev–Trinajstić information content (AvgIpc) is 2.73. The zero-order chi connectivity index (χ0) is 11.4. The molecule has 1 aromatic rings. The van der Waals surface area contributed by atoms with E-state index >= 15 is 0 Å². The summed E-state index contributed by atoms with van der Waals surface area (Å²) in [5.41, 5.74) is 0. The van der Waals surface area contributed by atoms with Crippen molar-refractivity contribution in [1.82, 2.24) is 10.1 Å². The first kappa shape index (κ1) is 10.9. The van der Waals surface area contributed by atoms with Gasteiger partial charge in [-0.25, -0.2) is 0 Å². The lowest BCUT2D eigenvalue weighted by Gasteiger charge is -2.26. The molecule has 1 fully saturated rings. The first-order chi connectivity index (χ1) is 7.75. The van der Waals surface area contributed by atoms with Gasteiger partial charge in [0.05, 0.1) is 19.8 Å². The number of rotatable bonds is 3. The van der Waals surface area contributed by atoms with Crippen molar-refractivity contribution >= 4 is 11.7 Å². The number of nitrogens with one attached hydrogen (secondary N) is 1. The van der Waals surface area contributed by atoms with E-state index in [4.69, 9.17) is 9.26 Å². The number of amides is 1. The Balaban J connectivity index is 1.78. The van der Waals surface area contributed by atoms with E-state index in [2.05, 4.69) is 10.5 Å². The minimum Gasteiger partial charge on any atom is -0.378 e. The number of nitrogens with zero attached hydrogens (tertiary/aromatic N) is 2. The van der Waals surface area contributed by atoms with E-state index < -0.39 is 0 Å². The van der Waals surface area contributed by atoms with Gasteiger partial charge in [0, 0.05) is 19.2 Å². The minimum atomic E-state index is 0.0592. The molecule has 1 saturated heterocycles. The van der Waals surface area contributed by atoms with Crippen molar-refractivity contribution in [3.8, 4) is 0 Å². The number of ether oxygens (including phenoxy) is 1. The zero-order valence-corrected chi connectivity index (χ0v) is 9.23. The summed E-state index contributed by atoms with van der Waals surface area (Å²) >= 11 is 0. The fourth-order valence-corrected chi connectivity index (χ4v) is 1.54. The largest absolute Gasteiger partial charge is 0.378 e. The van der Waals surface area contributed by atoms with E-state index in [1.54, 1.807) is 11.0 Å². The van der Waals surface area contributed by atoms with E-state index in [1.807, 2.05) is 6.92 Å². The summed E-state index contributed by atoms with van der Waals surface area (Å²) in [6.45, 7) is 4.62. The lowest BCUT2D eigenvalue weighted by Crippen LogP contribution is -2.43. The lowest BCUT2D eigenvalue weighted by atomic mass is 10.4. The highest BCUT2D eigenvalue weighted by Crippen LogP contribution is 2.06. The van der Waals surface area contributed by atoms with E-state index in [9.17, 15) is 4.79 Å². The number of hydrogen-bond donors (Lipinski definition) is 1. The SMILES string of the molecule is Cc1cc(NCC(=O)N2CCOCC2)no1. The number of hydrogen-bond acceptors (Lipinski definition) is 5. The van der Waals surface area contributed by atoms with Crippen molar-refractivity contribution < 1.29 is 14.1 Å². The Morgan fingerprint density at radius 1 is 1.56 bits per heavy atom. The molecule has 0 atom stereocenters. The third-order valence-electron chi connectivity index (χ3n) is 2.41. The van der Waals surface area contributed by atoms with Gasteiger partial charge in [-0.1, -0.05) is 5.16 Å². The summed E-state index contributed by atoms with van der Waals surface area (Å²) in [6, 6.07) is 1.76. The van der Waals surface area contributed by atoms with Crippen molar-refractivity contribution in [3.05, 3.63) is 11.8 Å². The van der Waals surface area contributed by atoms with E-state index in [0.29, 0.717) is 32.1 Å². The molecule has 2 rings (SSSR count). The van der Waals surface area contributed by atoms with Crippen LogP contribution in [0.3, 0.4) is 0 Å². The van der Waals surface area contributed by atoms with Crippen LogP contribution in [0.4, 0.5) is 5.82 Å². The van der Waals surface area contributed by atoms with Gasteiger partial charge in [0.1, 0.15) is 5.76 Å². The van der Waals surface area contributed by atoms with Gasteiger partial charge in [0.15, 0.2) is 5.82 Å². The summed E-state index contributed by atoms with van der Waals surface area (Å²) in [5, 5.41) is 6.68. The van der Waals surface area contributed by atoms with Crippen LogP contribution in [0.25, 0.3) is 0 Å². The number of anilines is 1. The van der Waals surface area contributed by atoms with Gasteiger partial charge in [-0.3, -0.25) is 4.79 Å². The van der Waals surface area contributed by atoms with Gasteiger partial charge in [0.25, 0.3) is 0 Å². The Hall–Kier alpha value is -1.56. The number of morpholine rings is 1. The molecule has 6 heteroatoms. The van der Waals surface area contributed by atoms with Crippen LogP contribution < -0.4 is 5.32 Å². The van der Waals surface area contributed by atoms with Crippen LogP contribution in [0.15, 0.2) is 10.6 Å². The van der Waals surface area contributed by atoms with Crippen LogP contribution in [0.1, 0.15) is 5.76 Å². The average molecular weight is 225 g/mol. The Morgan fingerprint density at radius 3 is 2.94 bits per heavy atom. The number of carbonyl (C=O) groups is 1. The van der Waals surface area contributed by atoms with Crippen molar-refractivity contribution in [2.45, 2.75) is 6.92 Å². The Labute approximate surface area is 93.5 Å². The van der Waals surface area contributed by atoms with E-state index in [1.165, 1.54) is 0 Å². The second-order valence-corrected chi connectivity index (χ2v) is 3.67. The van der Waals surface area contributed by atoms with E-state index in [0.717, 1.165) is 5.76 Å². The number of aromatic nitrogens is 1. The lowest BCUT2D eigenvalue weighted by molar-refractivity contribution is -0.133. The Bertz CT molecular complexity index is 358. The summed E-state index contributed by atoms with van der Waals surface area (Å²) in [4.78, 5) is 13.5. The van der Waals surface area contributed by atoms with Crippen molar-refractivity contribution in [2.75, 3.05) is 38.2 Å². The topological polar surface area (TPSA) is 67.6 Å². The second kappa shape index (κ2) is 4.98. The fraction of sp³-hybridized carbons (Fsp3) is 0.600. The zero-order valence-electron chi connectivity index (χ0n) is 9.23. The van der Waals surface area contributed by atoms with Crippen LogP contribution in [0.2, 0.25) is 0 Å². The maximum absolute atomic E-state index is 11.7. The molecule has 88 valence electrons. The van der Waals surface area contributed by atoms with Crippen LogP contribution >= 0.6 is 0 Å². The predicted molar refractivity (Wildman–Crippen MR) is 57.1 cm³/mol. The van der Waals surface area contributed by atoms with Crippen LogP contribution in [0, 0.1) is 6.92 Å². The third-order valence-corrected chi connectivity index (χ3v) is 2.41. The molecule has 1 aliphatic heterocycles. The first-order valence-corrected chi connectivity index (χ1v) is 5.28. The van der Waals surface area contributed by atoms with Crippen LogP contribution in [-0.4, -0.2) is 48.8 Å². The molecule has 0 spiro atoms. The maximum Gasteiger partial charge on any atom is 0.242 e. The summed E-state index contributed by atoms with van der Waals surface area (Å²) in [7, 11) is 0. The van der Waals surface area contributed by atoms with Gasteiger partial charge in [0.2, 0.25) is 5.91 Å². The first-order valence-electron chi connectivity index (χ1n) is 5.28. The Morgan fingerprint density at radius 2 is 2.31 bits per heavy atom. The van der Waals surface area contributed by atoms with Crippen LogP contribution in [-0.2, 0) is 9.53 Å². The molecule has 0 radical (unpaired) electrons. The van der Waals surface area contributed by atoms with Crippen LogP contribution in [0.5, 0.6) is 0 Å². The van der Waals surface area contributed by atoms with Gasteiger partial charge in [-0.15, -0.1) is 0 Å². The molecule has 16 heavy (non-hydrogen) atoms. The molecule has 0 saturated carbocycles. The molecule has 0 bridgehead atoms. The molecular weight excluding hydrogens is 210 g/mol. The van der Waals surface area contributed by atoms with E-state index in [-0.39, 0.29) is 12.5 Å². The fourth-order valence-electron chi connectivity index (χ4n) is 1.54. The molecule has 1 aliphatic rings. The summed E-state index contributed by atoms with van der Waals surface area (Å²) in [5.74, 6) is 1.38. The number of aryl methyl sites for hydroxylation is 1. The quantitative estimate of drug-likeness (QED) is 0.798. The highest BCUT2D eigenvalue weighted by Gasteiger charge is 2.16. The molecule has 1 N–H and O–H groups in total. The van der Waals surface area contributed by atoms with Gasteiger partial charge >= 0.3 is 0 Å². The summed E-state index contributed by atoms with van der Waals surface area (Å²) in [6.07, 6.45) is 0. The van der Waals surface area contributed by atoms with Gasteiger partial charge < -0.3 is 19.5 Å².